The number of halogens is 1. The van der Waals surface area contributed by atoms with Gasteiger partial charge in [0.15, 0.2) is 0 Å². The first-order valence-electron chi connectivity index (χ1n) is 11.1. The van der Waals surface area contributed by atoms with Gasteiger partial charge < -0.3 is 10.2 Å². The van der Waals surface area contributed by atoms with E-state index in [2.05, 4.69) is 5.32 Å². The Morgan fingerprint density at radius 1 is 1.09 bits per heavy atom. The van der Waals surface area contributed by atoms with E-state index in [0.29, 0.717) is 25.8 Å². The molecule has 2 aliphatic rings. The number of hydrogen-bond acceptors (Lipinski definition) is 4. The molecule has 2 heterocycles. The highest BCUT2D eigenvalue weighted by Crippen LogP contribution is 2.35. The third kappa shape index (κ3) is 4.79. The summed E-state index contributed by atoms with van der Waals surface area (Å²) < 4.78 is 40.9. The molecule has 0 bridgehead atoms. The van der Waals surface area contributed by atoms with Crippen molar-refractivity contribution >= 4 is 27.5 Å². The van der Waals surface area contributed by atoms with Crippen LogP contribution in [0.2, 0.25) is 0 Å². The number of rotatable bonds is 5. The number of anilines is 1. The number of hydrogen-bond donors (Lipinski definition) is 1. The fourth-order valence-corrected chi connectivity index (χ4v) is 6.21. The summed E-state index contributed by atoms with van der Waals surface area (Å²) in [6.45, 7) is 4.30. The lowest BCUT2D eigenvalue weighted by Gasteiger charge is -2.30. The number of nitrogens with zero attached hydrogens (tertiary/aromatic N) is 2. The van der Waals surface area contributed by atoms with Gasteiger partial charge in [0, 0.05) is 44.2 Å². The van der Waals surface area contributed by atoms with Crippen LogP contribution in [-0.4, -0.2) is 43.7 Å². The van der Waals surface area contributed by atoms with Crippen molar-refractivity contribution in [3.05, 3.63) is 59.4 Å². The number of nitrogens with one attached hydrogen (secondary N) is 1. The summed E-state index contributed by atoms with van der Waals surface area (Å²) in [4.78, 5) is 26.4. The van der Waals surface area contributed by atoms with Crippen LogP contribution in [0.25, 0.3) is 0 Å². The molecule has 1 atom stereocenters. The van der Waals surface area contributed by atoms with E-state index in [9.17, 15) is 22.4 Å². The lowest BCUT2D eigenvalue weighted by Crippen LogP contribution is -2.42. The first-order valence-corrected chi connectivity index (χ1v) is 12.6. The smallest absolute Gasteiger partial charge is 0.243 e. The Balaban J connectivity index is 1.37. The topological polar surface area (TPSA) is 86.8 Å². The molecule has 0 spiro atoms. The van der Waals surface area contributed by atoms with Gasteiger partial charge in [-0.05, 0) is 67.6 Å². The van der Waals surface area contributed by atoms with E-state index in [4.69, 9.17) is 0 Å². The fourth-order valence-electron chi connectivity index (χ4n) is 4.69. The van der Waals surface area contributed by atoms with Crippen molar-refractivity contribution in [1.29, 1.82) is 0 Å². The van der Waals surface area contributed by atoms with Crippen molar-refractivity contribution in [3.8, 4) is 0 Å². The fraction of sp³-hybridized carbons (Fsp3) is 0.417. The number of carbonyl (C=O) groups excluding carboxylic acids is 2. The number of amides is 2. The molecule has 33 heavy (non-hydrogen) atoms. The molecule has 0 aromatic heterocycles. The van der Waals surface area contributed by atoms with E-state index in [0.717, 1.165) is 16.8 Å². The molecule has 0 radical (unpaired) electrons. The third-order valence-corrected chi connectivity index (χ3v) is 8.34. The first-order chi connectivity index (χ1) is 15.7. The monoisotopic (exact) mass is 473 g/mol. The normalized spacial score (nSPS) is 19.4. The van der Waals surface area contributed by atoms with E-state index in [1.165, 1.54) is 23.4 Å². The summed E-state index contributed by atoms with van der Waals surface area (Å²) in [5, 5.41) is 2.86. The second-order valence-corrected chi connectivity index (χ2v) is 10.7. The van der Waals surface area contributed by atoms with Crippen LogP contribution in [0.4, 0.5) is 10.1 Å². The van der Waals surface area contributed by atoms with Gasteiger partial charge in [-0.15, -0.1) is 0 Å². The minimum absolute atomic E-state index is 0.000351. The quantitative estimate of drug-likeness (QED) is 0.724. The van der Waals surface area contributed by atoms with Crippen LogP contribution in [-0.2, 0) is 32.6 Å². The van der Waals surface area contributed by atoms with Gasteiger partial charge in [-0.1, -0.05) is 12.1 Å². The van der Waals surface area contributed by atoms with Crippen molar-refractivity contribution in [2.45, 2.75) is 50.6 Å². The van der Waals surface area contributed by atoms with Gasteiger partial charge in [-0.3, -0.25) is 9.59 Å². The van der Waals surface area contributed by atoms with Gasteiger partial charge in [0.2, 0.25) is 21.8 Å². The summed E-state index contributed by atoms with van der Waals surface area (Å²) in [5.41, 5.74) is 2.43. The molecule has 2 aliphatic heterocycles. The highest BCUT2D eigenvalue weighted by Gasteiger charge is 2.34. The molecule has 176 valence electrons. The van der Waals surface area contributed by atoms with E-state index in [1.54, 1.807) is 35.2 Å². The Labute approximate surface area is 193 Å². The molecular weight excluding hydrogens is 445 g/mol. The largest absolute Gasteiger partial charge is 0.352 e. The van der Waals surface area contributed by atoms with Crippen LogP contribution in [0.3, 0.4) is 0 Å². The third-order valence-electron chi connectivity index (χ3n) is 6.45. The van der Waals surface area contributed by atoms with Crippen molar-refractivity contribution in [3.63, 3.8) is 0 Å². The Morgan fingerprint density at radius 2 is 1.76 bits per heavy atom. The van der Waals surface area contributed by atoms with Gasteiger partial charge in [-0.25, -0.2) is 12.8 Å². The first kappa shape index (κ1) is 23.4. The molecule has 0 aliphatic carbocycles. The van der Waals surface area contributed by atoms with Crippen LogP contribution in [0.1, 0.15) is 37.8 Å². The van der Waals surface area contributed by atoms with Crippen molar-refractivity contribution in [2.75, 3.05) is 18.0 Å². The number of fused-ring (bicyclic) bond motifs is 1. The molecule has 2 amide bonds. The predicted octanol–water partition coefficient (Wildman–Crippen LogP) is 2.84. The summed E-state index contributed by atoms with van der Waals surface area (Å²) >= 11 is 0. The van der Waals surface area contributed by atoms with Crippen LogP contribution in [0.15, 0.2) is 47.4 Å². The number of sulfonamides is 1. The average Bonchev–Trinajstić information content (AvgIpc) is 3.13. The maximum Gasteiger partial charge on any atom is 0.243 e. The number of piperidine rings is 1. The molecule has 7 nitrogen and oxygen atoms in total. The van der Waals surface area contributed by atoms with Crippen LogP contribution in [0, 0.1) is 11.7 Å². The predicted molar refractivity (Wildman–Crippen MR) is 122 cm³/mol. The summed E-state index contributed by atoms with van der Waals surface area (Å²) in [6.07, 6.45) is 1.50. The van der Waals surface area contributed by atoms with Crippen LogP contribution < -0.4 is 10.2 Å². The minimum atomic E-state index is -3.68. The van der Waals surface area contributed by atoms with Gasteiger partial charge in [0.1, 0.15) is 5.82 Å². The van der Waals surface area contributed by atoms with Crippen LogP contribution >= 0.6 is 0 Å². The summed E-state index contributed by atoms with van der Waals surface area (Å²) in [7, 11) is -3.68. The Hall–Kier alpha value is -2.78. The SMILES string of the molecule is CC(=O)N1c2ccc(S(=O)(=O)N3CCC(C(=O)NCc4ccc(F)cc4)CC3)cc2C[C@@H]1C. The number of benzene rings is 2. The summed E-state index contributed by atoms with van der Waals surface area (Å²) in [6, 6.07) is 10.9. The minimum Gasteiger partial charge on any atom is -0.352 e. The van der Waals surface area contributed by atoms with E-state index in [-0.39, 0.29) is 47.6 Å². The van der Waals surface area contributed by atoms with Gasteiger partial charge in [0.05, 0.1) is 4.90 Å². The zero-order chi connectivity index (χ0) is 23.8. The molecule has 2 aromatic carbocycles. The molecule has 4 rings (SSSR count). The van der Waals surface area contributed by atoms with Gasteiger partial charge in [-0.2, -0.15) is 4.31 Å². The van der Waals surface area contributed by atoms with E-state index >= 15 is 0 Å². The van der Waals surface area contributed by atoms with Crippen molar-refractivity contribution < 1.29 is 22.4 Å². The molecule has 1 N–H and O–H groups in total. The molecule has 2 aromatic rings. The van der Waals surface area contributed by atoms with Gasteiger partial charge >= 0.3 is 0 Å². The average molecular weight is 474 g/mol. The zero-order valence-electron chi connectivity index (χ0n) is 18.8. The zero-order valence-corrected chi connectivity index (χ0v) is 19.6. The Morgan fingerprint density at radius 3 is 2.39 bits per heavy atom. The second-order valence-electron chi connectivity index (χ2n) is 8.76. The molecule has 0 saturated carbocycles. The standard InChI is InChI=1S/C24H28FN3O4S/c1-16-13-20-14-22(7-8-23(20)28(16)17(2)29)33(31,32)27-11-9-19(10-12-27)24(30)26-15-18-3-5-21(25)6-4-18/h3-8,14,16,19H,9-13,15H2,1-2H3,(H,26,30)/t16-/m0/s1. The van der Waals surface area contributed by atoms with Crippen LogP contribution in [0.5, 0.6) is 0 Å². The van der Waals surface area contributed by atoms with E-state index < -0.39 is 10.0 Å². The molecule has 9 heteroatoms. The second kappa shape index (κ2) is 9.23. The lowest BCUT2D eigenvalue weighted by atomic mass is 9.97. The molecule has 1 saturated heterocycles. The molecular formula is C24H28FN3O4S. The maximum atomic E-state index is 13.2. The van der Waals surface area contributed by atoms with Crippen molar-refractivity contribution in [1.82, 2.24) is 9.62 Å². The highest BCUT2D eigenvalue weighted by atomic mass is 32.2. The van der Waals surface area contributed by atoms with Gasteiger partial charge in [0.25, 0.3) is 0 Å². The highest BCUT2D eigenvalue weighted by molar-refractivity contribution is 7.89. The number of carbonyl (C=O) groups is 2. The Kier molecular flexibility index (Phi) is 6.54. The molecule has 1 fully saturated rings. The molecule has 0 unspecified atom stereocenters. The lowest BCUT2D eigenvalue weighted by molar-refractivity contribution is -0.126. The summed E-state index contributed by atoms with van der Waals surface area (Å²) in [5.74, 6) is -0.765. The van der Waals surface area contributed by atoms with Crippen molar-refractivity contribution in [2.24, 2.45) is 5.92 Å². The maximum absolute atomic E-state index is 13.2. The van der Waals surface area contributed by atoms with E-state index in [1.807, 2.05) is 6.92 Å². The Bertz CT molecular complexity index is 1160.